The Morgan fingerprint density at radius 1 is 0.298 bits per heavy atom. The molecule has 3 heteroatoms. The molecule has 3 nitrogen and oxygen atoms in total. The Morgan fingerprint density at radius 2 is 0.947 bits per heavy atom. The first-order chi connectivity index (χ1) is 28.2. The van der Waals surface area contributed by atoms with Crippen LogP contribution < -0.4 is 4.90 Å². The molecular formula is C54H33NO2. The number of fused-ring (bicyclic) bond motifs is 11. The van der Waals surface area contributed by atoms with Crippen molar-refractivity contribution < 1.29 is 8.83 Å². The van der Waals surface area contributed by atoms with Crippen molar-refractivity contribution in [3.8, 4) is 22.3 Å². The number of nitrogens with zero attached hydrogens (tertiary/aromatic N) is 1. The molecule has 0 aliphatic carbocycles. The minimum Gasteiger partial charge on any atom is -0.456 e. The van der Waals surface area contributed by atoms with Crippen LogP contribution in [0.25, 0.3) is 98.4 Å². The Labute approximate surface area is 328 Å². The van der Waals surface area contributed by atoms with Gasteiger partial charge in [0.25, 0.3) is 0 Å². The van der Waals surface area contributed by atoms with E-state index in [2.05, 4.69) is 193 Å². The summed E-state index contributed by atoms with van der Waals surface area (Å²) in [6, 6.07) is 71.6. The van der Waals surface area contributed by atoms with Gasteiger partial charge in [0.05, 0.1) is 0 Å². The predicted molar refractivity (Wildman–Crippen MR) is 239 cm³/mol. The van der Waals surface area contributed by atoms with Gasteiger partial charge in [-0.3, -0.25) is 0 Å². The summed E-state index contributed by atoms with van der Waals surface area (Å²) in [6.07, 6.45) is 0. The van der Waals surface area contributed by atoms with E-state index in [4.69, 9.17) is 8.83 Å². The summed E-state index contributed by atoms with van der Waals surface area (Å²) in [6.45, 7) is 0. The van der Waals surface area contributed by atoms with Gasteiger partial charge in [-0.2, -0.15) is 0 Å². The van der Waals surface area contributed by atoms with Crippen LogP contribution in [0.2, 0.25) is 0 Å². The van der Waals surface area contributed by atoms with Crippen molar-refractivity contribution in [2.24, 2.45) is 0 Å². The fourth-order valence-electron chi connectivity index (χ4n) is 8.99. The highest BCUT2D eigenvalue weighted by Crippen LogP contribution is 2.44. The molecule has 266 valence electrons. The summed E-state index contributed by atoms with van der Waals surface area (Å²) >= 11 is 0. The monoisotopic (exact) mass is 727 g/mol. The molecule has 0 spiro atoms. The smallest absolute Gasteiger partial charge is 0.143 e. The molecule has 10 aromatic carbocycles. The van der Waals surface area contributed by atoms with Crippen molar-refractivity contribution >= 4 is 93.3 Å². The molecule has 0 aliphatic heterocycles. The van der Waals surface area contributed by atoms with Crippen molar-refractivity contribution in [1.82, 2.24) is 0 Å². The van der Waals surface area contributed by atoms with Gasteiger partial charge in [-0.25, -0.2) is 0 Å². The van der Waals surface area contributed by atoms with Crippen LogP contribution in [0.4, 0.5) is 17.1 Å². The lowest BCUT2D eigenvalue weighted by atomic mass is 9.93. The first-order valence-electron chi connectivity index (χ1n) is 19.4. The van der Waals surface area contributed by atoms with Gasteiger partial charge in [-0.15, -0.1) is 0 Å². The van der Waals surface area contributed by atoms with Gasteiger partial charge >= 0.3 is 0 Å². The molecule has 12 rings (SSSR count). The SMILES string of the molecule is c1cc(-c2cccc3oc4c5ccccc5ccc4c23)cc(N(c2ccc(-c3cc4ccccc4c4ccccc34)cc2)c2ccc3c(c2)oc2ccccc23)c1. The number of benzene rings is 10. The Bertz CT molecular complexity index is 3530. The first kappa shape index (κ1) is 31.7. The van der Waals surface area contributed by atoms with Crippen LogP contribution in [0.5, 0.6) is 0 Å². The molecule has 2 aromatic heterocycles. The zero-order valence-electron chi connectivity index (χ0n) is 30.8. The van der Waals surface area contributed by atoms with Gasteiger partial charge in [-0.1, -0.05) is 133 Å². The lowest BCUT2D eigenvalue weighted by molar-refractivity contribution is 0.669. The zero-order chi connectivity index (χ0) is 37.5. The van der Waals surface area contributed by atoms with E-state index < -0.39 is 0 Å². The highest BCUT2D eigenvalue weighted by molar-refractivity contribution is 6.19. The molecule has 12 aromatic rings. The maximum absolute atomic E-state index is 6.59. The second kappa shape index (κ2) is 12.5. The molecule has 0 bridgehead atoms. The average Bonchev–Trinajstić information content (AvgIpc) is 3.85. The van der Waals surface area contributed by atoms with Gasteiger partial charge in [0.1, 0.15) is 22.3 Å². The van der Waals surface area contributed by atoms with Crippen molar-refractivity contribution in [3.63, 3.8) is 0 Å². The molecule has 0 atom stereocenters. The van der Waals surface area contributed by atoms with Crippen LogP contribution in [0, 0.1) is 0 Å². The number of hydrogen-bond acceptors (Lipinski definition) is 3. The summed E-state index contributed by atoms with van der Waals surface area (Å²) < 4.78 is 13.0. The Morgan fingerprint density at radius 3 is 1.82 bits per heavy atom. The highest BCUT2D eigenvalue weighted by atomic mass is 16.3. The van der Waals surface area contributed by atoms with E-state index in [9.17, 15) is 0 Å². The third-order valence-corrected chi connectivity index (χ3v) is 11.6. The third-order valence-electron chi connectivity index (χ3n) is 11.6. The van der Waals surface area contributed by atoms with E-state index in [0.717, 1.165) is 77.5 Å². The van der Waals surface area contributed by atoms with Crippen LogP contribution in [-0.4, -0.2) is 0 Å². The Hall–Kier alpha value is -7.62. The molecule has 0 amide bonds. The average molecular weight is 728 g/mol. The molecular weight excluding hydrogens is 695 g/mol. The first-order valence-corrected chi connectivity index (χ1v) is 19.4. The van der Waals surface area contributed by atoms with Gasteiger partial charge in [0, 0.05) is 50.1 Å². The summed E-state index contributed by atoms with van der Waals surface area (Å²) in [4.78, 5) is 2.33. The van der Waals surface area contributed by atoms with E-state index in [1.54, 1.807) is 0 Å². The van der Waals surface area contributed by atoms with E-state index in [1.807, 2.05) is 12.1 Å². The summed E-state index contributed by atoms with van der Waals surface area (Å²) in [5.41, 5.74) is 11.3. The third kappa shape index (κ3) is 4.99. The molecule has 0 fully saturated rings. The van der Waals surface area contributed by atoms with E-state index in [1.165, 1.54) is 38.1 Å². The molecule has 57 heavy (non-hydrogen) atoms. The number of rotatable bonds is 5. The number of furan rings is 2. The molecule has 0 N–H and O–H groups in total. The quantitative estimate of drug-likeness (QED) is 0.165. The number of anilines is 3. The van der Waals surface area contributed by atoms with E-state index >= 15 is 0 Å². The van der Waals surface area contributed by atoms with Crippen LogP contribution in [-0.2, 0) is 0 Å². The lowest BCUT2D eigenvalue weighted by Crippen LogP contribution is -2.10. The fourth-order valence-corrected chi connectivity index (χ4v) is 8.99. The molecule has 0 aliphatic rings. The lowest BCUT2D eigenvalue weighted by Gasteiger charge is -2.26. The van der Waals surface area contributed by atoms with Crippen LogP contribution in [0.3, 0.4) is 0 Å². The van der Waals surface area contributed by atoms with Gasteiger partial charge in [0.2, 0.25) is 0 Å². The Kier molecular flexibility index (Phi) is 6.93. The standard InChI is InChI=1S/C54H33NO2/c1-4-16-43-34(11-1)25-29-48-53-42(20-10-22-51(53)57-54(43)48)36-13-9-14-39(31-36)55(40-28-30-47-46-19-7-8-21-50(46)56-52(47)33-40)38-26-23-35(24-27-38)49-32-37-12-2-3-15-41(37)44-17-5-6-18-45(44)49/h1-33H. The van der Waals surface area contributed by atoms with E-state index in [0.29, 0.717) is 0 Å². The van der Waals surface area contributed by atoms with Crippen LogP contribution in [0.1, 0.15) is 0 Å². The van der Waals surface area contributed by atoms with E-state index in [-0.39, 0.29) is 0 Å². The summed E-state index contributed by atoms with van der Waals surface area (Å²) in [5.74, 6) is 0. The van der Waals surface area contributed by atoms with Crippen molar-refractivity contribution in [1.29, 1.82) is 0 Å². The summed E-state index contributed by atoms with van der Waals surface area (Å²) in [7, 11) is 0. The minimum atomic E-state index is 0.857. The topological polar surface area (TPSA) is 29.5 Å². The maximum atomic E-state index is 6.59. The largest absolute Gasteiger partial charge is 0.456 e. The van der Waals surface area contributed by atoms with Crippen LogP contribution >= 0.6 is 0 Å². The number of hydrogen-bond donors (Lipinski definition) is 0. The maximum Gasteiger partial charge on any atom is 0.143 e. The molecule has 2 heterocycles. The van der Waals surface area contributed by atoms with Crippen molar-refractivity contribution in [2.75, 3.05) is 4.90 Å². The highest BCUT2D eigenvalue weighted by Gasteiger charge is 2.19. The fraction of sp³-hybridized carbons (Fsp3) is 0. The van der Waals surface area contributed by atoms with Crippen molar-refractivity contribution in [2.45, 2.75) is 0 Å². The number of para-hydroxylation sites is 1. The second-order valence-corrected chi connectivity index (χ2v) is 14.8. The zero-order valence-corrected chi connectivity index (χ0v) is 30.8. The molecule has 0 radical (unpaired) electrons. The van der Waals surface area contributed by atoms with Crippen molar-refractivity contribution in [3.05, 3.63) is 200 Å². The van der Waals surface area contributed by atoms with Gasteiger partial charge < -0.3 is 13.7 Å². The van der Waals surface area contributed by atoms with Gasteiger partial charge in [0.15, 0.2) is 0 Å². The Balaban J connectivity index is 1.03. The second-order valence-electron chi connectivity index (χ2n) is 14.8. The summed E-state index contributed by atoms with van der Waals surface area (Å²) in [5, 5.41) is 11.8. The van der Waals surface area contributed by atoms with Gasteiger partial charge in [-0.05, 0) is 110 Å². The predicted octanol–water partition coefficient (Wildman–Crippen LogP) is 15.7. The normalized spacial score (nSPS) is 11.9. The molecule has 0 saturated heterocycles. The minimum absolute atomic E-state index is 0.857. The molecule has 0 unspecified atom stereocenters. The van der Waals surface area contributed by atoms with Crippen LogP contribution in [0.15, 0.2) is 209 Å². The molecule has 0 saturated carbocycles.